The first-order valence-corrected chi connectivity index (χ1v) is 9.29. The van der Waals surface area contributed by atoms with E-state index in [2.05, 4.69) is 16.4 Å². The molecule has 0 saturated heterocycles. The SMILES string of the molecule is Cc1ccc(-n2c(NC(=O)c3ccco3)c(C#N)c3nc4ccccc4nc32)cc1. The lowest BCUT2D eigenvalue weighted by Gasteiger charge is -2.11. The molecule has 144 valence electrons. The second kappa shape index (κ2) is 6.87. The molecule has 1 amide bonds. The summed E-state index contributed by atoms with van der Waals surface area (Å²) in [6.45, 7) is 1.99. The molecular weight excluding hydrogens is 378 g/mol. The first-order chi connectivity index (χ1) is 14.7. The van der Waals surface area contributed by atoms with Gasteiger partial charge in [0.25, 0.3) is 5.91 Å². The fraction of sp³-hybridized carbons (Fsp3) is 0.0435. The van der Waals surface area contributed by atoms with Crippen molar-refractivity contribution in [2.45, 2.75) is 6.92 Å². The van der Waals surface area contributed by atoms with Gasteiger partial charge in [-0.05, 0) is 43.3 Å². The second-order valence-electron chi connectivity index (χ2n) is 6.82. The number of hydrogen-bond donors (Lipinski definition) is 1. The first-order valence-electron chi connectivity index (χ1n) is 9.29. The van der Waals surface area contributed by atoms with Crippen LogP contribution in [0.1, 0.15) is 21.7 Å². The highest BCUT2D eigenvalue weighted by Gasteiger charge is 2.24. The van der Waals surface area contributed by atoms with Gasteiger partial charge in [0.2, 0.25) is 0 Å². The Kier molecular flexibility index (Phi) is 4.04. The van der Waals surface area contributed by atoms with Gasteiger partial charge in [-0.1, -0.05) is 29.8 Å². The van der Waals surface area contributed by atoms with E-state index >= 15 is 0 Å². The third kappa shape index (κ3) is 2.79. The third-order valence-electron chi connectivity index (χ3n) is 4.84. The number of para-hydroxylation sites is 2. The number of carbonyl (C=O) groups excluding carboxylic acids is 1. The summed E-state index contributed by atoms with van der Waals surface area (Å²) in [6, 6.07) is 20.6. The first kappa shape index (κ1) is 17.6. The zero-order valence-electron chi connectivity index (χ0n) is 16.0. The lowest BCUT2D eigenvalue weighted by atomic mass is 10.2. The van der Waals surface area contributed by atoms with E-state index in [-0.39, 0.29) is 11.3 Å². The smallest absolute Gasteiger partial charge is 0.292 e. The highest BCUT2D eigenvalue weighted by Crippen LogP contribution is 2.32. The lowest BCUT2D eigenvalue weighted by Crippen LogP contribution is -2.15. The maximum atomic E-state index is 12.7. The maximum absolute atomic E-state index is 12.7. The molecule has 0 saturated carbocycles. The van der Waals surface area contributed by atoms with Crippen LogP contribution in [0.5, 0.6) is 0 Å². The summed E-state index contributed by atoms with van der Waals surface area (Å²) in [5.74, 6) is -0.0176. The van der Waals surface area contributed by atoms with E-state index in [1.807, 2.05) is 55.5 Å². The summed E-state index contributed by atoms with van der Waals surface area (Å²) >= 11 is 0. The van der Waals surface area contributed by atoms with Gasteiger partial charge in [0.05, 0.1) is 17.3 Å². The highest BCUT2D eigenvalue weighted by molar-refractivity contribution is 6.05. The van der Waals surface area contributed by atoms with Crippen molar-refractivity contribution in [1.29, 1.82) is 5.26 Å². The number of rotatable bonds is 3. The van der Waals surface area contributed by atoms with Crippen LogP contribution in [0.15, 0.2) is 71.3 Å². The van der Waals surface area contributed by atoms with Crippen molar-refractivity contribution in [3.8, 4) is 11.8 Å². The molecule has 0 aliphatic rings. The molecule has 0 aliphatic heterocycles. The number of aryl methyl sites for hydroxylation is 1. The van der Waals surface area contributed by atoms with E-state index < -0.39 is 5.91 Å². The molecule has 1 N–H and O–H groups in total. The fourth-order valence-corrected chi connectivity index (χ4v) is 3.39. The molecule has 0 atom stereocenters. The Hall–Kier alpha value is -4.44. The molecule has 3 heterocycles. The minimum Gasteiger partial charge on any atom is -0.459 e. The van der Waals surface area contributed by atoms with Gasteiger partial charge >= 0.3 is 0 Å². The van der Waals surface area contributed by atoms with Crippen LogP contribution in [0.2, 0.25) is 0 Å². The third-order valence-corrected chi connectivity index (χ3v) is 4.84. The average Bonchev–Trinajstić information content (AvgIpc) is 3.39. The van der Waals surface area contributed by atoms with Crippen LogP contribution in [-0.2, 0) is 0 Å². The van der Waals surface area contributed by atoms with Gasteiger partial charge in [-0.3, -0.25) is 9.36 Å². The molecule has 0 spiro atoms. The second-order valence-corrected chi connectivity index (χ2v) is 6.82. The zero-order valence-corrected chi connectivity index (χ0v) is 16.0. The van der Waals surface area contributed by atoms with Crippen LogP contribution in [0, 0.1) is 18.3 Å². The standard InChI is InChI=1S/C23H15N5O2/c1-14-8-10-15(11-9-14)28-21(27-23(29)19-7-4-12-30-19)16(13-24)20-22(28)26-18-6-3-2-5-17(18)25-20/h2-12H,1H3,(H,27,29). The number of anilines is 1. The molecule has 3 aromatic heterocycles. The van der Waals surface area contributed by atoms with Gasteiger partial charge in [-0.25, -0.2) is 9.97 Å². The maximum Gasteiger partial charge on any atom is 0.292 e. The zero-order chi connectivity index (χ0) is 20.7. The Morgan fingerprint density at radius 1 is 1.03 bits per heavy atom. The molecule has 30 heavy (non-hydrogen) atoms. The van der Waals surface area contributed by atoms with Crippen LogP contribution < -0.4 is 5.32 Å². The lowest BCUT2D eigenvalue weighted by molar-refractivity contribution is 0.0996. The van der Waals surface area contributed by atoms with Crippen molar-refractivity contribution in [1.82, 2.24) is 14.5 Å². The summed E-state index contributed by atoms with van der Waals surface area (Å²) < 4.78 is 6.95. The topological polar surface area (TPSA) is 96.7 Å². The number of carbonyl (C=O) groups is 1. The molecule has 5 rings (SSSR count). The van der Waals surface area contributed by atoms with E-state index in [9.17, 15) is 10.1 Å². The molecule has 0 radical (unpaired) electrons. The Labute approximate surface area is 171 Å². The number of nitriles is 1. The van der Waals surface area contributed by atoms with Gasteiger partial charge in [0.1, 0.15) is 23.0 Å². The van der Waals surface area contributed by atoms with Crippen LogP contribution in [0.4, 0.5) is 5.82 Å². The Morgan fingerprint density at radius 3 is 2.43 bits per heavy atom. The van der Waals surface area contributed by atoms with Crippen LogP contribution in [0.25, 0.3) is 27.9 Å². The summed E-state index contributed by atoms with van der Waals surface area (Å²) in [4.78, 5) is 22.1. The number of nitrogens with one attached hydrogen (secondary N) is 1. The Balaban J connectivity index is 1.82. The quantitative estimate of drug-likeness (QED) is 0.483. The minimum absolute atomic E-state index is 0.144. The van der Waals surface area contributed by atoms with Crippen molar-refractivity contribution in [2.24, 2.45) is 0 Å². The largest absolute Gasteiger partial charge is 0.459 e. The van der Waals surface area contributed by atoms with Crippen molar-refractivity contribution in [3.63, 3.8) is 0 Å². The molecule has 0 unspecified atom stereocenters. The summed E-state index contributed by atoms with van der Waals surface area (Å²) in [6.07, 6.45) is 1.42. The van der Waals surface area contributed by atoms with Crippen molar-refractivity contribution in [2.75, 3.05) is 5.32 Å². The van der Waals surface area contributed by atoms with Gasteiger partial charge in [-0.15, -0.1) is 0 Å². The molecule has 0 aliphatic carbocycles. The van der Waals surface area contributed by atoms with Gasteiger partial charge < -0.3 is 9.73 Å². The van der Waals surface area contributed by atoms with Crippen molar-refractivity contribution >= 4 is 33.9 Å². The number of amides is 1. The molecule has 5 aromatic rings. The minimum atomic E-state index is -0.461. The molecule has 0 fully saturated rings. The van der Waals surface area contributed by atoms with Gasteiger partial charge in [0.15, 0.2) is 11.4 Å². The average molecular weight is 393 g/mol. The van der Waals surface area contributed by atoms with E-state index in [4.69, 9.17) is 9.40 Å². The van der Waals surface area contributed by atoms with E-state index in [0.29, 0.717) is 28.0 Å². The number of furan rings is 1. The molecule has 2 aromatic carbocycles. The number of hydrogen-bond acceptors (Lipinski definition) is 5. The van der Waals surface area contributed by atoms with E-state index in [1.165, 1.54) is 6.26 Å². The van der Waals surface area contributed by atoms with E-state index in [0.717, 1.165) is 11.3 Å². The fourth-order valence-electron chi connectivity index (χ4n) is 3.39. The Morgan fingerprint density at radius 2 is 1.77 bits per heavy atom. The molecular formula is C23H15N5O2. The number of aromatic nitrogens is 3. The predicted octanol–water partition coefficient (Wildman–Crippen LogP) is 4.60. The van der Waals surface area contributed by atoms with Crippen molar-refractivity contribution in [3.05, 3.63) is 83.8 Å². The van der Waals surface area contributed by atoms with E-state index in [1.54, 1.807) is 16.7 Å². The summed E-state index contributed by atoms with van der Waals surface area (Å²) in [5, 5.41) is 12.7. The monoisotopic (exact) mass is 393 g/mol. The normalized spacial score (nSPS) is 10.9. The summed E-state index contributed by atoms with van der Waals surface area (Å²) in [5.41, 5.74) is 4.37. The van der Waals surface area contributed by atoms with Gasteiger partial charge in [-0.2, -0.15) is 5.26 Å². The van der Waals surface area contributed by atoms with Gasteiger partial charge in [0, 0.05) is 5.69 Å². The molecule has 7 heteroatoms. The number of nitrogens with zero attached hydrogens (tertiary/aromatic N) is 4. The Bertz CT molecular complexity index is 1440. The van der Waals surface area contributed by atoms with Crippen molar-refractivity contribution < 1.29 is 9.21 Å². The molecule has 0 bridgehead atoms. The summed E-state index contributed by atoms with van der Waals surface area (Å²) in [7, 11) is 0. The number of benzene rings is 2. The predicted molar refractivity (Wildman–Crippen MR) is 112 cm³/mol. The van der Waals surface area contributed by atoms with Crippen LogP contribution in [0.3, 0.4) is 0 Å². The highest BCUT2D eigenvalue weighted by atomic mass is 16.3. The van der Waals surface area contributed by atoms with Crippen LogP contribution in [-0.4, -0.2) is 20.4 Å². The number of fused-ring (bicyclic) bond motifs is 2. The molecule has 7 nitrogen and oxygen atoms in total. The van der Waals surface area contributed by atoms with Crippen LogP contribution >= 0.6 is 0 Å².